The van der Waals surface area contributed by atoms with Gasteiger partial charge in [-0.2, -0.15) is 0 Å². The summed E-state index contributed by atoms with van der Waals surface area (Å²) in [6.07, 6.45) is 2.09. The van der Waals surface area contributed by atoms with E-state index in [9.17, 15) is 0 Å². The number of para-hydroxylation sites is 1. The van der Waals surface area contributed by atoms with Crippen LogP contribution in [0.2, 0.25) is 0 Å². The van der Waals surface area contributed by atoms with E-state index in [1.165, 1.54) is 22.4 Å². The van der Waals surface area contributed by atoms with Crippen molar-refractivity contribution in [2.24, 2.45) is 5.73 Å². The monoisotopic (exact) mass is 280 g/mol. The summed E-state index contributed by atoms with van der Waals surface area (Å²) in [5.74, 6) is 0. The molecular weight excluding hydrogens is 256 g/mol. The molecule has 1 aliphatic carbocycles. The minimum atomic E-state index is 0.0184. The number of aryl methyl sites for hydroxylation is 1. The summed E-state index contributed by atoms with van der Waals surface area (Å²) in [7, 11) is 0. The lowest BCUT2D eigenvalue weighted by molar-refractivity contribution is 0.417. The highest BCUT2D eigenvalue weighted by atomic mass is 15.2. The fourth-order valence-electron chi connectivity index (χ4n) is 3.75. The lowest BCUT2D eigenvalue weighted by Crippen LogP contribution is -2.55. The Kier molecular flexibility index (Phi) is 3.73. The molecule has 0 fully saturated rings. The molecule has 0 aromatic heterocycles. The molecule has 3 rings (SSSR count). The summed E-state index contributed by atoms with van der Waals surface area (Å²) in [5, 5.41) is 0. The van der Waals surface area contributed by atoms with Crippen molar-refractivity contribution in [1.82, 2.24) is 0 Å². The van der Waals surface area contributed by atoms with Crippen molar-refractivity contribution in [1.29, 1.82) is 0 Å². The summed E-state index contributed by atoms with van der Waals surface area (Å²) in [5.41, 5.74) is 11.8. The highest BCUT2D eigenvalue weighted by molar-refractivity contribution is 5.57. The van der Waals surface area contributed by atoms with Crippen molar-refractivity contribution in [3.8, 4) is 0 Å². The van der Waals surface area contributed by atoms with E-state index in [1.807, 2.05) is 0 Å². The maximum atomic E-state index is 6.27. The molecule has 21 heavy (non-hydrogen) atoms. The molecule has 110 valence electrons. The fraction of sp³-hybridized carbons (Fsp3) is 0.368. The molecule has 0 unspecified atom stereocenters. The standard InChI is InChI=1S/C19H24N2/c1-3-21(18-11-7-4-8-15(18)2)19(14-20)12-16-9-5-6-10-17(16)13-19/h4-11H,3,12-14,20H2,1-2H3. The van der Waals surface area contributed by atoms with Crippen LogP contribution in [0.5, 0.6) is 0 Å². The molecule has 2 aromatic rings. The third-order valence-electron chi connectivity index (χ3n) is 4.83. The van der Waals surface area contributed by atoms with Gasteiger partial charge in [0.1, 0.15) is 0 Å². The van der Waals surface area contributed by atoms with Gasteiger partial charge in [0.05, 0.1) is 5.54 Å². The number of hydrogen-bond donors (Lipinski definition) is 1. The molecule has 2 N–H and O–H groups in total. The minimum absolute atomic E-state index is 0.0184. The first-order valence-corrected chi connectivity index (χ1v) is 7.80. The van der Waals surface area contributed by atoms with Crippen molar-refractivity contribution in [3.05, 3.63) is 65.2 Å². The number of nitrogens with zero attached hydrogens (tertiary/aromatic N) is 1. The average Bonchev–Trinajstić information content (AvgIpc) is 2.89. The minimum Gasteiger partial charge on any atom is -0.364 e. The van der Waals surface area contributed by atoms with Crippen LogP contribution in [0, 0.1) is 6.92 Å². The Balaban J connectivity index is 2.02. The van der Waals surface area contributed by atoms with E-state index in [0.717, 1.165) is 19.4 Å². The first-order valence-electron chi connectivity index (χ1n) is 7.80. The Morgan fingerprint density at radius 2 is 1.57 bits per heavy atom. The second-order valence-electron chi connectivity index (χ2n) is 6.08. The normalized spacial score (nSPS) is 15.8. The smallest absolute Gasteiger partial charge is 0.0604 e. The molecule has 0 amide bonds. The zero-order valence-corrected chi connectivity index (χ0v) is 13.0. The molecule has 2 heteroatoms. The largest absolute Gasteiger partial charge is 0.364 e. The van der Waals surface area contributed by atoms with Crippen molar-refractivity contribution < 1.29 is 0 Å². The summed E-state index contributed by atoms with van der Waals surface area (Å²) in [6, 6.07) is 17.4. The highest BCUT2D eigenvalue weighted by Gasteiger charge is 2.41. The van der Waals surface area contributed by atoms with Gasteiger partial charge in [0.15, 0.2) is 0 Å². The Labute approximate surface area is 127 Å². The van der Waals surface area contributed by atoms with Gasteiger partial charge in [-0.25, -0.2) is 0 Å². The number of hydrogen-bond acceptors (Lipinski definition) is 2. The maximum absolute atomic E-state index is 6.27. The van der Waals surface area contributed by atoms with Gasteiger partial charge in [0, 0.05) is 18.8 Å². The second-order valence-corrected chi connectivity index (χ2v) is 6.08. The Morgan fingerprint density at radius 3 is 2.10 bits per heavy atom. The first-order chi connectivity index (χ1) is 10.2. The van der Waals surface area contributed by atoms with Crippen molar-refractivity contribution in [2.75, 3.05) is 18.0 Å². The average molecular weight is 280 g/mol. The molecule has 0 spiro atoms. The molecule has 0 atom stereocenters. The van der Waals surface area contributed by atoms with Crippen LogP contribution < -0.4 is 10.6 Å². The Bertz CT molecular complexity index is 608. The van der Waals surface area contributed by atoms with E-state index in [2.05, 4.69) is 67.3 Å². The zero-order chi connectivity index (χ0) is 14.9. The Morgan fingerprint density at radius 1 is 1.00 bits per heavy atom. The predicted molar refractivity (Wildman–Crippen MR) is 89.8 cm³/mol. The van der Waals surface area contributed by atoms with Crippen LogP contribution in [-0.2, 0) is 12.8 Å². The molecule has 2 aromatic carbocycles. The molecule has 0 saturated heterocycles. The van der Waals surface area contributed by atoms with E-state index in [0.29, 0.717) is 6.54 Å². The van der Waals surface area contributed by atoms with Gasteiger partial charge in [-0.1, -0.05) is 42.5 Å². The van der Waals surface area contributed by atoms with Crippen LogP contribution in [0.3, 0.4) is 0 Å². The van der Waals surface area contributed by atoms with Crippen molar-refractivity contribution in [2.45, 2.75) is 32.2 Å². The number of fused-ring (bicyclic) bond motifs is 1. The zero-order valence-electron chi connectivity index (χ0n) is 13.0. The number of rotatable bonds is 4. The first kappa shape index (κ1) is 14.2. The molecule has 0 saturated carbocycles. The van der Waals surface area contributed by atoms with Gasteiger partial charge >= 0.3 is 0 Å². The number of benzene rings is 2. The molecular formula is C19H24N2. The van der Waals surface area contributed by atoms with Crippen molar-refractivity contribution in [3.63, 3.8) is 0 Å². The Hall–Kier alpha value is -1.80. The number of likely N-dealkylation sites (N-methyl/N-ethyl adjacent to an activating group) is 1. The molecule has 0 aliphatic heterocycles. The molecule has 0 heterocycles. The number of nitrogens with two attached hydrogens (primary N) is 1. The van der Waals surface area contributed by atoms with E-state index < -0.39 is 0 Å². The third kappa shape index (κ3) is 2.34. The molecule has 0 bridgehead atoms. The molecule has 1 aliphatic rings. The van der Waals surface area contributed by atoms with Gasteiger partial charge in [0.25, 0.3) is 0 Å². The van der Waals surface area contributed by atoms with Crippen LogP contribution in [0.1, 0.15) is 23.6 Å². The van der Waals surface area contributed by atoms with Crippen LogP contribution >= 0.6 is 0 Å². The quantitative estimate of drug-likeness (QED) is 0.931. The highest BCUT2D eigenvalue weighted by Crippen LogP contribution is 2.37. The predicted octanol–water partition coefficient (Wildman–Crippen LogP) is 3.32. The molecule has 2 nitrogen and oxygen atoms in total. The van der Waals surface area contributed by atoms with Crippen LogP contribution in [-0.4, -0.2) is 18.6 Å². The van der Waals surface area contributed by atoms with E-state index >= 15 is 0 Å². The van der Waals surface area contributed by atoms with E-state index in [4.69, 9.17) is 5.73 Å². The molecule has 0 radical (unpaired) electrons. The third-order valence-corrected chi connectivity index (χ3v) is 4.83. The summed E-state index contributed by atoms with van der Waals surface area (Å²) < 4.78 is 0. The van der Waals surface area contributed by atoms with Crippen LogP contribution in [0.4, 0.5) is 5.69 Å². The van der Waals surface area contributed by atoms with Gasteiger partial charge < -0.3 is 10.6 Å². The van der Waals surface area contributed by atoms with Crippen LogP contribution in [0.25, 0.3) is 0 Å². The fourth-order valence-corrected chi connectivity index (χ4v) is 3.75. The van der Waals surface area contributed by atoms with Gasteiger partial charge in [-0.05, 0) is 49.4 Å². The van der Waals surface area contributed by atoms with Gasteiger partial charge in [-0.15, -0.1) is 0 Å². The van der Waals surface area contributed by atoms with Crippen molar-refractivity contribution >= 4 is 5.69 Å². The van der Waals surface area contributed by atoms with Gasteiger partial charge in [0.2, 0.25) is 0 Å². The SMILES string of the molecule is CCN(c1ccccc1C)C1(CN)Cc2ccccc2C1. The lowest BCUT2D eigenvalue weighted by Gasteiger charge is -2.42. The lowest BCUT2D eigenvalue weighted by atomic mass is 9.91. The second kappa shape index (κ2) is 5.53. The summed E-state index contributed by atoms with van der Waals surface area (Å²) >= 11 is 0. The number of anilines is 1. The van der Waals surface area contributed by atoms with E-state index in [-0.39, 0.29) is 5.54 Å². The topological polar surface area (TPSA) is 29.3 Å². The maximum Gasteiger partial charge on any atom is 0.0604 e. The summed E-state index contributed by atoms with van der Waals surface area (Å²) in [6.45, 7) is 6.08. The summed E-state index contributed by atoms with van der Waals surface area (Å²) in [4.78, 5) is 2.52. The van der Waals surface area contributed by atoms with Gasteiger partial charge in [-0.3, -0.25) is 0 Å². The van der Waals surface area contributed by atoms with Crippen LogP contribution in [0.15, 0.2) is 48.5 Å². The van der Waals surface area contributed by atoms with E-state index in [1.54, 1.807) is 0 Å².